The molecule has 8 heteroatoms. The zero-order valence-electron chi connectivity index (χ0n) is 14.3. The molecule has 3 rings (SSSR count). The molecule has 0 N–H and O–H groups in total. The lowest BCUT2D eigenvalue weighted by atomic mass is 10.2. The lowest BCUT2D eigenvalue weighted by molar-refractivity contribution is -0.122. The minimum Gasteiger partial charge on any atom is -0.503 e. The molecular weight excluding hydrogens is 343 g/mol. The average Bonchev–Trinajstić information content (AvgIpc) is 3.12. The van der Waals surface area contributed by atoms with Gasteiger partial charge in [-0.1, -0.05) is 11.3 Å². The second-order valence-electron chi connectivity index (χ2n) is 5.62. The number of methoxy groups -OCH3 is 1. The molecule has 0 spiro atoms. The van der Waals surface area contributed by atoms with Crippen LogP contribution < -0.4 is 0 Å². The van der Waals surface area contributed by atoms with Crippen molar-refractivity contribution in [1.29, 1.82) is 0 Å². The fraction of sp³-hybridized carbons (Fsp3) is 0.235. The van der Waals surface area contributed by atoms with Crippen molar-refractivity contribution in [2.45, 2.75) is 6.92 Å². The van der Waals surface area contributed by atoms with Crippen LogP contribution in [0.15, 0.2) is 30.5 Å². The molecule has 1 amide bonds. The molecule has 2 heterocycles. The van der Waals surface area contributed by atoms with Crippen molar-refractivity contribution in [3.63, 3.8) is 0 Å². The molecule has 0 fully saturated rings. The van der Waals surface area contributed by atoms with Gasteiger partial charge in [0.1, 0.15) is 5.82 Å². The number of thiazole rings is 1. The van der Waals surface area contributed by atoms with Crippen molar-refractivity contribution < 1.29 is 13.9 Å². The van der Waals surface area contributed by atoms with Gasteiger partial charge in [-0.15, -0.1) is 5.10 Å². The highest BCUT2D eigenvalue weighted by molar-refractivity contribution is 7.18. The Morgan fingerprint density at radius 2 is 2.00 bits per heavy atom. The summed E-state index contributed by atoms with van der Waals surface area (Å²) in [6.45, 7) is 1.87. The molecule has 0 saturated carbocycles. The molecule has 130 valence electrons. The quantitative estimate of drug-likeness (QED) is 0.530. The molecule has 0 aliphatic heterocycles. The number of ether oxygens (including phenoxy) is 1. The topological polar surface area (TPSA) is 59.7 Å². The van der Waals surface area contributed by atoms with Crippen molar-refractivity contribution in [2.75, 3.05) is 21.2 Å². The second kappa shape index (κ2) is 6.64. The van der Waals surface area contributed by atoms with Gasteiger partial charge in [0.2, 0.25) is 4.96 Å². The fourth-order valence-corrected chi connectivity index (χ4v) is 3.43. The molecule has 0 aliphatic carbocycles. The monoisotopic (exact) mass is 360 g/mol. The summed E-state index contributed by atoms with van der Waals surface area (Å²) in [5.41, 5.74) is 1.97. The molecule has 2 aromatic heterocycles. The molecule has 0 bridgehead atoms. The Hall–Kier alpha value is -2.74. The number of aromatic nitrogens is 3. The summed E-state index contributed by atoms with van der Waals surface area (Å²) >= 11 is 1.36. The smallest absolute Gasteiger partial charge is 0.257 e. The van der Waals surface area contributed by atoms with Crippen molar-refractivity contribution in [2.24, 2.45) is 0 Å². The van der Waals surface area contributed by atoms with E-state index in [1.54, 1.807) is 30.7 Å². The normalized spacial score (nSPS) is 11.8. The maximum atomic E-state index is 13.1. The van der Waals surface area contributed by atoms with Gasteiger partial charge in [0.25, 0.3) is 5.91 Å². The first kappa shape index (κ1) is 17.1. The standard InChI is InChI=1S/C17H17FN4O2S/c1-10-14(13(9-24-4)16(23)21(2)3)25-17-19-15(20-22(10)17)11-5-7-12(18)8-6-11/h5-9H,1-4H3/b13-9-. The van der Waals surface area contributed by atoms with E-state index in [-0.39, 0.29) is 11.7 Å². The van der Waals surface area contributed by atoms with Crippen LogP contribution in [0, 0.1) is 12.7 Å². The molecule has 0 saturated heterocycles. The molecular formula is C17H17FN4O2S. The Kier molecular flexibility index (Phi) is 4.54. The van der Waals surface area contributed by atoms with Crippen LogP contribution in [0.25, 0.3) is 21.9 Å². The van der Waals surface area contributed by atoms with E-state index in [2.05, 4.69) is 10.1 Å². The number of carbonyl (C=O) groups is 1. The summed E-state index contributed by atoms with van der Waals surface area (Å²) in [5, 5.41) is 4.48. The molecule has 6 nitrogen and oxygen atoms in total. The maximum Gasteiger partial charge on any atom is 0.257 e. The second-order valence-corrected chi connectivity index (χ2v) is 6.60. The number of amides is 1. The van der Waals surface area contributed by atoms with Crippen molar-refractivity contribution in [3.8, 4) is 11.4 Å². The maximum absolute atomic E-state index is 13.1. The molecule has 3 aromatic rings. The van der Waals surface area contributed by atoms with Gasteiger partial charge in [-0.2, -0.15) is 4.98 Å². The van der Waals surface area contributed by atoms with E-state index in [1.807, 2.05) is 6.92 Å². The minimum atomic E-state index is -0.306. The SMILES string of the molecule is CO/C=C(\C(=O)N(C)C)c1sc2nc(-c3ccc(F)cc3)nn2c1C. The van der Waals surface area contributed by atoms with Gasteiger partial charge in [0.05, 0.1) is 29.5 Å². The average molecular weight is 360 g/mol. The van der Waals surface area contributed by atoms with Gasteiger partial charge in [-0.3, -0.25) is 4.79 Å². The molecule has 1 aromatic carbocycles. The zero-order chi connectivity index (χ0) is 18.1. The molecule has 0 radical (unpaired) electrons. The van der Waals surface area contributed by atoms with Gasteiger partial charge in [-0.05, 0) is 31.2 Å². The third kappa shape index (κ3) is 3.12. The Morgan fingerprint density at radius 1 is 1.32 bits per heavy atom. The number of rotatable bonds is 4. The summed E-state index contributed by atoms with van der Waals surface area (Å²) in [6, 6.07) is 6.02. The zero-order valence-corrected chi connectivity index (χ0v) is 15.1. The summed E-state index contributed by atoms with van der Waals surface area (Å²) in [4.78, 5) is 19.8. The predicted molar refractivity (Wildman–Crippen MR) is 94.7 cm³/mol. The van der Waals surface area contributed by atoms with Crippen LogP contribution in [0.5, 0.6) is 0 Å². The summed E-state index contributed by atoms with van der Waals surface area (Å²) < 4.78 is 19.8. The van der Waals surface area contributed by atoms with E-state index in [0.29, 0.717) is 16.4 Å². The van der Waals surface area contributed by atoms with Crippen LogP contribution in [0.2, 0.25) is 0 Å². The third-order valence-corrected chi connectivity index (χ3v) is 4.80. The number of hydrogen-bond acceptors (Lipinski definition) is 5. The van der Waals surface area contributed by atoms with E-state index >= 15 is 0 Å². The Morgan fingerprint density at radius 3 is 2.56 bits per heavy atom. The van der Waals surface area contributed by atoms with E-state index in [1.165, 1.54) is 41.7 Å². The number of fused-ring (bicyclic) bond motifs is 1. The van der Waals surface area contributed by atoms with Crippen LogP contribution in [0.4, 0.5) is 4.39 Å². The first-order valence-corrected chi connectivity index (χ1v) is 8.31. The van der Waals surface area contributed by atoms with E-state index in [9.17, 15) is 9.18 Å². The molecule has 0 aliphatic rings. The van der Waals surface area contributed by atoms with Crippen molar-refractivity contribution >= 4 is 27.8 Å². The van der Waals surface area contributed by atoms with Gasteiger partial charge in [-0.25, -0.2) is 8.91 Å². The summed E-state index contributed by atoms with van der Waals surface area (Å²) in [5.74, 6) is 0.0464. The third-order valence-electron chi connectivity index (χ3n) is 3.64. The van der Waals surface area contributed by atoms with E-state index in [4.69, 9.17) is 4.74 Å². The Bertz CT molecular complexity index is 957. The van der Waals surface area contributed by atoms with Gasteiger partial charge in [0, 0.05) is 19.7 Å². The number of benzene rings is 1. The van der Waals surface area contributed by atoms with Crippen LogP contribution in [-0.2, 0) is 9.53 Å². The predicted octanol–water partition coefficient (Wildman–Crippen LogP) is 2.98. The van der Waals surface area contributed by atoms with E-state index < -0.39 is 0 Å². The summed E-state index contributed by atoms with van der Waals surface area (Å²) in [7, 11) is 4.87. The summed E-state index contributed by atoms with van der Waals surface area (Å²) in [6.07, 6.45) is 1.43. The Balaban J connectivity index is 2.06. The molecule has 25 heavy (non-hydrogen) atoms. The number of nitrogens with zero attached hydrogens (tertiary/aromatic N) is 4. The van der Waals surface area contributed by atoms with Gasteiger partial charge < -0.3 is 9.64 Å². The fourth-order valence-electron chi connectivity index (χ4n) is 2.37. The van der Waals surface area contributed by atoms with E-state index in [0.717, 1.165) is 16.1 Å². The van der Waals surface area contributed by atoms with Crippen molar-refractivity contribution in [1.82, 2.24) is 19.5 Å². The number of likely N-dealkylation sites (N-methyl/N-ethyl adjacent to an activating group) is 1. The van der Waals surface area contributed by atoms with Crippen LogP contribution >= 0.6 is 11.3 Å². The number of halogens is 1. The van der Waals surface area contributed by atoms with Gasteiger partial charge >= 0.3 is 0 Å². The largest absolute Gasteiger partial charge is 0.503 e. The van der Waals surface area contributed by atoms with Crippen LogP contribution in [0.1, 0.15) is 10.6 Å². The molecule has 0 unspecified atom stereocenters. The van der Waals surface area contributed by atoms with Crippen LogP contribution in [-0.4, -0.2) is 46.6 Å². The van der Waals surface area contributed by atoms with Crippen molar-refractivity contribution in [3.05, 3.63) is 46.9 Å². The molecule has 0 atom stereocenters. The lowest BCUT2D eigenvalue weighted by Gasteiger charge is -2.12. The number of hydrogen-bond donors (Lipinski definition) is 0. The first-order valence-electron chi connectivity index (χ1n) is 7.49. The number of aryl methyl sites for hydroxylation is 1. The minimum absolute atomic E-state index is 0.159. The first-order chi connectivity index (χ1) is 11.9. The number of carbonyl (C=O) groups excluding carboxylic acids is 1. The highest BCUT2D eigenvalue weighted by Crippen LogP contribution is 2.31. The highest BCUT2D eigenvalue weighted by Gasteiger charge is 2.22. The highest BCUT2D eigenvalue weighted by atomic mass is 32.1. The van der Waals surface area contributed by atoms with Gasteiger partial charge in [0.15, 0.2) is 5.82 Å². The lowest BCUT2D eigenvalue weighted by Crippen LogP contribution is -2.23. The Labute approximate surface area is 148 Å². The van der Waals surface area contributed by atoms with Crippen LogP contribution in [0.3, 0.4) is 0 Å².